The molecule has 0 N–H and O–H groups in total. The van der Waals surface area contributed by atoms with Crippen LogP contribution < -0.4 is 0 Å². The Labute approximate surface area is 61.1 Å². The van der Waals surface area contributed by atoms with E-state index < -0.39 is 10.1 Å². The zero-order valence-corrected chi connectivity index (χ0v) is 6.81. The third-order valence-corrected chi connectivity index (χ3v) is 1.04. The Balaban J connectivity index is 3.88. The van der Waals surface area contributed by atoms with Crippen LogP contribution in [0.3, 0.4) is 0 Å². The van der Waals surface area contributed by atoms with Gasteiger partial charge >= 0.3 is 10.1 Å². The monoisotopic (exact) mass is 162 g/mol. The summed E-state index contributed by atoms with van der Waals surface area (Å²) < 4.78 is 24.9. The normalized spacial score (nSPS) is 11.8. The van der Waals surface area contributed by atoms with Crippen LogP contribution in [0.2, 0.25) is 0 Å². The van der Waals surface area contributed by atoms with Crippen LogP contribution in [-0.4, -0.2) is 14.7 Å². The average Bonchev–Trinajstić information content (AvgIpc) is 1.59. The SMILES string of the molecule is C=C(C)C=COS(C)(=O)=O. The minimum atomic E-state index is -3.35. The lowest BCUT2D eigenvalue weighted by atomic mass is 10.4. The van der Waals surface area contributed by atoms with E-state index in [1.54, 1.807) is 6.92 Å². The van der Waals surface area contributed by atoms with Crippen molar-refractivity contribution in [2.24, 2.45) is 0 Å². The highest BCUT2D eigenvalue weighted by Crippen LogP contribution is 1.92. The average molecular weight is 162 g/mol. The molecule has 0 bridgehead atoms. The number of allylic oxidation sites excluding steroid dienone is 2. The van der Waals surface area contributed by atoms with Gasteiger partial charge in [-0.15, -0.1) is 0 Å². The van der Waals surface area contributed by atoms with E-state index in [1.165, 1.54) is 6.08 Å². The topological polar surface area (TPSA) is 43.4 Å². The lowest BCUT2D eigenvalue weighted by Crippen LogP contribution is -1.95. The van der Waals surface area contributed by atoms with Gasteiger partial charge in [0.25, 0.3) is 0 Å². The molecular formula is C6H10O3S. The third kappa shape index (κ3) is 7.23. The molecule has 58 valence electrons. The van der Waals surface area contributed by atoms with Crippen LogP contribution in [0.25, 0.3) is 0 Å². The van der Waals surface area contributed by atoms with E-state index in [-0.39, 0.29) is 0 Å². The lowest BCUT2D eigenvalue weighted by Gasteiger charge is -1.92. The Kier molecular flexibility index (Phi) is 3.15. The molecule has 0 aromatic rings. The number of hydrogen-bond acceptors (Lipinski definition) is 3. The Morgan fingerprint density at radius 1 is 1.60 bits per heavy atom. The van der Waals surface area contributed by atoms with Gasteiger partial charge in [-0.2, -0.15) is 8.42 Å². The molecule has 0 heterocycles. The standard InChI is InChI=1S/C6H10O3S/c1-6(2)4-5-9-10(3,7)8/h4-5H,1H2,2-3H3. The van der Waals surface area contributed by atoms with Crippen molar-refractivity contribution in [3.63, 3.8) is 0 Å². The van der Waals surface area contributed by atoms with Gasteiger partial charge in [-0.05, 0) is 13.0 Å². The van der Waals surface area contributed by atoms with Crippen LogP contribution in [0.4, 0.5) is 0 Å². The van der Waals surface area contributed by atoms with Gasteiger partial charge in [0.1, 0.15) is 6.26 Å². The highest BCUT2D eigenvalue weighted by Gasteiger charge is 1.94. The smallest absolute Gasteiger partial charge is 0.305 e. The molecule has 0 saturated heterocycles. The van der Waals surface area contributed by atoms with Crippen molar-refractivity contribution in [1.82, 2.24) is 0 Å². The molecule has 0 unspecified atom stereocenters. The Morgan fingerprint density at radius 3 is 2.40 bits per heavy atom. The first-order chi connectivity index (χ1) is 4.42. The largest absolute Gasteiger partial charge is 0.391 e. The van der Waals surface area contributed by atoms with Crippen molar-refractivity contribution in [3.8, 4) is 0 Å². The molecule has 0 aliphatic carbocycles. The molecule has 3 nitrogen and oxygen atoms in total. The maximum absolute atomic E-state index is 10.3. The second-order valence-corrected chi connectivity index (χ2v) is 3.55. The minimum Gasteiger partial charge on any atom is -0.391 e. The fraction of sp³-hybridized carbons (Fsp3) is 0.333. The van der Waals surface area contributed by atoms with Crippen molar-refractivity contribution in [2.45, 2.75) is 6.92 Å². The predicted molar refractivity (Wildman–Crippen MR) is 39.9 cm³/mol. The van der Waals surface area contributed by atoms with E-state index in [2.05, 4.69) is 10.8 Å². The molecule has 0 spiro atoms. The zero-order valence-electron chi connectivity index (χ0n) is 5.99. The van der Waals surface area contributed by atoms with Crippen molar-refractivity contribution in [3.05, 3.63) is 24.5 Å². The molecule has 0 fully saturated rings. The van der Waals surface area contributed by atoms with E-state index in [9.17, 15) is 8.42 Å². The van der Waals surface area contributed by atoms with E-state index in [4.69, 9.17) is 0 Å². The summed E-state index contributed by atoms with van der Waals surface area (Å²) in [6, 6.07) is 0. The summed E-state index contributed by atoms with van der Waals surface area (Å²) >= 11 is 0. The van der Waals surface area contributed by atoms with Crippen LogP contribution in [-0.2, 0) is 14.3 Å². The minimum absolute atomic E-state index is 0.739. The maximum atomic E-state index is 10.3. The summed E-state index contributed by atoms with van der Waals surface area (Å²) in [5, 5.41) is 0. The van der Waals surface area contributed by atoms with Crippen LogP contribution >= 0.6 is 0 Å². The molecule has 0 aliphatic rings. The van der Waals surface area contributed by atoms with Gasteiger partial charge in [0, 0.05) is 0 Å². The molecule has 0 rings (SSSR count). The molecule has 0 atom stereocenters. The second-order valence-electron chi connectivity index (χ2n) is 1.95. The van der Waals surface area contributed by atoms with Gasteiger partial charge in [0.05, 0.1) is 6.26 Å². The molecule has 0 aliphatic heterocycles. The van der Waals surface area contributed by atoms with E-state index in [0.29, 0.717) is 0 Å². The fourth-order valence-corrected chi connectivity index (χ4v) is 0.502. The highest BCUT2D eigenvalue weighted by molar-refractivity contribution is 7.86. The van der Waals surface area contributed by atoms with Crippen molar-refractivity contribution < 1.29 is 12.6 Å². The summed E-state index contributed by atoms with van der Waals surface area (Å²) in [7, 11) is -3.35. The third-order valence-electron chi connectivity index (χ3n) is 0.583. The number of hydrogen-bond donors (Lipinski definition) is 0. The van der Waals surface area contributed by atoms with Gasteiger partial charge in [0.15, 0.2) is 0 Å². The van der Waals surface area contributed by atoms with Crippen molar-refractivity contribution in [2.75, 3.05) is 6.26 Å². The molecule has 10 heavy (non-hydrogen) atoms. The molecule has 0 radical (unpaired) electrons. The predicted octanol–water partition coefficient (Wildman–Crippen LogP) is 1.05. The Bertz CT molecular complexity index is 236. The van der Waals surface area contributed by atoms with Gasteiger partial charge in [0.2, 0.25) is 0 Å². The van der Waals surface area contributed by atoms with Gasteiger partial charge in [-0.1, -0.05) is 12.2 Å². The zero-order chi connectivity index (χ0) is 8.20. The van der Waals surface area contributed by atoms with E-state index in [0.717, 1.165) is 18.1 Å². The first-order valence-electron chi connectivity index (χ1n) is 2.62. The quantitative estimate of drug-likeness (QED) is 0.354. The molecule has 0 aromatic heterocycles. The summed E-state index contributed by atoms with van der Waals surface area (Å²) in [6.45, 7) is 5.25. The van der Waals surface area contributed by atoms with Crippen molar-refractivity contribution >= 4 is 10.1 Å². The summed E-state index contributed by atoms with van der Waals surface area (Å²) in [5.41, 5.74) is 0.739. The van der Waals surface area contributed by atoms with Crippen LogP contribution in [0.1, 0.15) is 6.92 Å². The van der Waals surface area contributed by atoms with Gasteiger partial charge < -0.3 is 4.18 Å². The second kappa shape index (κ2) is 3.41. The summed E-state index contributed by atoms with van der Waals surface area (Å²) in [4.78, 5) is 0. The van der Waals surface area contributed by atoms with Crippen LogP contribution in [0.5, 0.6) is 0 Å². The maximum Gasteiger partial charge on any atom is 0.305 e. The molecule has 0 aromatic carbocycles. The first kappa shape index (κ1) is 9.23. The van der Waals surface area contributed by atoms with Gasteiger partial charge in [-0.3, -0.25) is 0 Å². The Morgan fingerprint density at radius 2 is 2.10 bits per heavy atom. The van der Waals surface area contributed by atoms with E-state index in [1.807, 2.05) is 0 Å². The summed E-state index contributed by atoms with van der Waals surface area (Å²) in [6.07, 6.45) is 3.55. The first-order valence-corrected chi connectivity index (χ1v) is 4.44. The van der Waals surface area contributed by atoms with Crippen LogP contribution in [0.15, 0.2) is 24.5 Å². The fourth-order valence-electron chi connectivity index (χ4n) is 0.245. The Hall–Kier alpha value is -0.770. The van der Waals surface area contributed by atoms with Gasteiger partial charge in [-0.25, -0.2) is 0 Å². The lowest BCUT2D eigenvalue weighted by molar-refractivity contribution is 0.449. The number of rotatable bonds is 3. The van der Waals surface area contributed by atoms with E-state index >= 15 is 0 Å². The van der Waals surface area contributed by atoms with Crippen LogP contribution in [0, 0.1) is 0 Å². The summed E-state index contributed by atoms with van der Waals surface area (Å²) in [5.74, 6) is 0. The molecule has 0 saturated carbocycles. The molecule has 4 heteroatoms. The molecular weight excluding hydrogens is 152 g/mol. The highest BCUT2D eigenvalue weighted by atomic mass is 32.2. The molecule has 0 amide bonds. The van der Waals surface area contributed by atoms with Crippen molar-refractivity contribution in [1.29, 1.82) is 0 Å².